The first-order chi connectivity index (χ1) is 9.88. The van der Waals surface area contributed by atoms with Gasteiger partial charge in [-0.15, -0.1) is 0 Å². The Hall–Kier alpha value is -0.930. The van der Waals surface area contributed by atoms with E-state index < -0.39 is 0 Å². The molecule has 0 amide bonds. The molecule has 3 unspecified atom stereocenters. The van der Waals surface area contributed by atoms with Crippen LogP contribution in [0.5, 0.6) is 0 Å². The number of fused-ring (bicyclic) bond motifs is 2. The van der Waals surface area contributed by atoms with Gasteiger partial charge in [0.05, 0.1) is 12.7 Å². The van der Waals surface area contributed by atoms with Crippen LogP contribution >= 0.6 is 0 Å². The lowest BCUT2D eigenvalue weighted by Crippen LogP contribution is -2.37. The van der Waals surface area contributed by atoms with Gasteiger partial charge in [0, 0.05) is 6.54 Å². The molecule has 1 aromatic rings. The van der Waals surface area contributed by atoms with E-state index in [0.717, 1.165) is 23.5 Å². The fourth-order valence-electron chi connectivity index (χ4n) is 4.50. The van der Waals surface area contributed by atoms with Gasteiger partial charge >= 0.3 is 0 Å². The zero-order valence-corrected chi connectivity index (χ0v) is 13.3. The summed E-state index contributed by atoms with van der Waals surface area (Å²) in [6.45, 7) is 8.04. The molecule has 2 aliphatic carbocycles. The summed E-state index contributed by atoms with van der Waals surface area (Å²) in [5.41, 5.74) is 8.20. The fourth-order valence-corrected chi connectivity index (χ4v) is 4.50. The number of hydrogen-bond acceptors (Lipinski definition) is 2. The van der Waals surface area contributed by atoms with Gasteiger partial charge in [0.15, 0.2) is 0 Å². The molecular weight excluding hydrogens is 265 g/mol. The average Bonchev–Trinajstić information content (AvgIpc) is 2.78. The quantitative estimate of drug-likeness (QED) is 0.909. The van der Waals surface area contributed by atoms with Gasteiger partial charge in [-0.2, -0.15) is 0 Å². The van der Waals surface area contributed by atoms with Crippen molar-refractivity contribution in [1.82, 2.24) is 0 Å². The number of hydrogen-bond donors (Lipinski definition) is 1. The van der Waals surface area contributed by atoms with Gasteiger partial charge in [0.1, 0.15) is 5.82 Å². The summed E-state index contributed by atoms with van der Waals surface area (Å²) < 4.78 is 19.5. The first kappa shape index (κ1) is 15.0. The van der Waals surface area contributed by atoms with Crippen LogP contribution in [0.2, 0.25) is 0 Å². The fraction of sp³-hybridized carbons (Fsp3) is 0.667. The molecule has 2 saturated carbocycles. The third-order valence-corrected chi connectivity index (χ3v) is 6.54. The minimum atomic E-state index is -0.229. The maximum atomic E-state index is 13.3. The van der Waals surface area contributed by atoms with Crippen LogP contribution in [0.25, 0.3) is 0 Å². The standard InChI is InChI=1S/C18H26FNO/c1-17(2)14-6-7-18(17,3)16(9-14)21-11-12-4-5-15(19)8-13(12)10-20/h4-5,8,14,16H,6-7,9-11,20H2,1-3H3. The molecular formula is C18H26FNO. The van der Waals surface area contributed by atoms with Crippen molar-refractivity contribution < 1.29 is 9.13 Å². The van der Waals surface area contributed by atoms with E-state index in [1.807, 2.05) is 0 Å². The monoisotopic (exact) mass is 291 g/mol. The van der Waals surface area contributed by atoms with E-state index in [0.29, 0.717) is 24.7 Å². The van der Waals surface area contributed by atoms with E-state index in [4.69, 9.17) is 10.5 Å². The van der Waals surface area contributed by atoms with E-state index in [9.17, 15) is 4.39 Å². The van der Waals surface area contributed by atoms with Crippen molar-refractivity contribution in [3.8, 4) is 0 Å². The minimum absolute atomic E-state index is 0.229. The molecule has 2 nitrogen and oxygen atoms in total. The molecule has 3 heteroatoms. The Bertz CT molecular complexity index is 542. The Labute approximate surface area is 126 Å². The SMILES string of the molecule is CC1(C)C2CCC1(C)C(OCc1ccc(F)cc1CN)C2. The molecule has 1 aromatic carbocycles. The van der Waals surface area contributed by atoms with Crippen LogP contribution in [0.4, 0.5) is 4.39 Å². The number of benzene rings is 1. The Morgan fingerprint density at radius 1 is 1.29 bits per heavy atom. The number of ether oxygens (including phenoxy) is 1. The summed E-state index contributed by atoms with van der Waals surface area (Å²) >= 11 is 0. The lowest BCUT2D eigenvalue weighted by molar-refractivity contribution is -0.0552. The van der Waals surface area contributed by atoms with Gasteiger partial charge < -0.3 is 10.5 Å². The van der Waals surface area contributed by atoms with E-state index in [1.54, 1.807) is 6.07 Å². The summed E-state index contributed by atoms with van der Waals surface area (Å²) in [6.07, 6.45) is 4.04. The molecule has 0 radical (unpaired) electrons. The van der Waals surface area contributed by atoms with Crippen molar-refractivity contribution in [3.63, 3.8) is 0 Å². The van der Waals surface area contributed by atoms with Crippen LogP contribution in [-0.4, -0.2) is 6.10 Å². The molecule has 3 rings (SSSR count). The van der Waals surface area contributed by atoms with Crippen LogP contribution in [0.15, 0.2) is 18.2 Å². The Morgan fingerprint density at radius 2 is 2.05 bits per heavy atom. The lowest BCUT2D eigenvalue weighted by Gasteiger charge is -2.39. The first-order valence-corrected chi connectivity index (χ1v) is 7.97. The molecule has 2 fully saturated rings. The van der Waals surface area contributed by atoms with Crippen molar-refractivity contribution in [2.45, 2.75) is 59.3 Å². The maximum Gasteiger partial charge on any atom is 0.123 e. The van der Waals surface area contributed by atoms with Gasteiger partial charge in [0.2, 0.25) is 0 Å². The molecule has 0 aromatic heterocycles. The highest BCUT2D eigenvalue weighted by molar-refractivity contribution is 5.27. The van der Waals surface area contributed by atoms with E-state index >= 15 is 0 Å². The van der Waals surface area contributed by atoms with Crippen LogP contribution in [0.3, 0.4) is 0 Å². The second-order valence-corrected chi connectivity index (χ2v) is 7.53. The van der Waals surface area contributed by atoms with Crippen molar-refractivity contribution >= 4 is 0 Å². The van der Waals surface area contributed by atoms with Gasteiger partial charge in [-0.3, -0.25) is 0 Å². The molecule has 0 spiro atoms. The average molecular weight is 291 g/mol. The van der Waals surface area contributed by atoms with E-state index in [-0.39, 0.29) is 11.2 Å². The third kappa shape index (κ3) is 2.22. The smallest absolute Gasteiger partial charge is 0.123 e. The molecule has 116 valence electrons. The Balaban J connectivity index is 1.72. The van der Waals surface area contributed by atoms with Gasteiger partial charge in [-0.25, -0.2) is 4.39 Å². The number of rotatable bonds is 4. The van der Waals surface area contributed by atoms with E-state index in [1.165, 1.54) is 25.0 Å². The zero-order valence-electron chi connectivity index (χ0n) is 13.3. The lowest BCUT2D eigenvalue weighted by atomic mass is 9.70. The van der Waals surface area contributed by atoms with Crippen LogP contribution < -0.4 is 5.73 Å². The second kappa shape index (κ2) is 5.06. The molecule has 2 aliphatic rings. The van der Waals surface area contributed by atoms with Gasteiger partial charge in [0.25, 0.3) is 0 Å². The topological polar surface area (TPSA) is 35.2 Å². The molecule has 0 saturated heterocycles. The largest absolute Gasteiger partial charge is 0.373 e. The summed E-state index contributed by atoms with van der Waals surface area (Å²) in [5.74, 6) is 0.543. The molecule has 3 atom stereocenters. The highest BCUT2D eigenvalue weighted by atomic mass is 19.1. The van der Waals surface area contributed by atoms with Crippen LogP contribution in [0.1, 0.15) is 51.2 Å². The van der Waals surface area contributed by atoms with E-state index in [2.05, 4.69) is 20.8 Å². The molecule has 2 bridgehead atoms. The van der Waals surface area contributed by atoms with Crippen LogP contribution in [0, 0.1) is 22.6 Å². The maximum absolute atomic E-state index is 13.3. The third-order valence-electron chi connectivity index (χ3n) is 6.54. The summed E-state index contributed by atoms with van der Waals surface area (Å²) in [4.78, 5) is 0. The van der Waals surface area contributed by atoms with Crippen molar-refractivity contribution in [2.75, 3.05) is 0 Å². The molecule has 0 heterocycles. The molecule has 21 heavy (non-hydrogen) atoms. The summed E-state index contributed by atoms with van der Waals surface area (Å²) in [6, 6.07) is 4.81. The van der Waals surface area contributed by atoms with Gasteiger partial charge in [-0.1, -0.05) is 26.8 Å². The minimum Gasteiger partial charge on any atom is -0.373 e. The van der Waals surface area contributed by atoms with Crippen molar-refractivity contribution in [1.29, 1.82) is 0 Å². The van der Waals surface area contributed by atoms with Gasteiger partial charge in [-0.05, 0) is 59.3 Å². The zero-order chi connectivity index (χ0) is 15.3. The Morgan fingerprint density at radius 3 is 2.62 bits per heavy atom. The Kier molecular flexibility index (Phi) is 3.61. The predicted molar refractivity (Wildman–Crippen MR) is 82.1 cm³/mol. The molecule has 0 aliphatic heterocycles. The van der Waals surface area contributed by atoms with Crippen molar-refractivity contribution in [2.24, 2.45) is 22.5 Å². The molecule has 2 N–H and O–H groups in total. The summed E-state index contributed by atoms with van der Waals surface area (Å²) in [5, 5.41) is 0. The number of nitrogens with two attached hydrogens (primary N) is 1. The highest BCUT2D eigenvalue weighted by Gasteiger charge is 2.61. The number of halogens is 1. The summed E-state index contributed by atoms with van der Waals surface area (Å²) in [7, 11) is 0. The first-order valence-electron chi connectivity index (χ1n) is 7.97. The second-order valence-electron chi connectivity index (χ2n) is 7.53. The van der Waals surface area contributed by atoms with Crippen molar-refractivity contribution in [3.05, 3.63) is 35.1 Å². The predicted octanol–water partition coefficient (Wildman–Crippen LogP) is 4.02. The highest BCUT2D eigenvalue weighted by Crippen LogP contribution is 2.66. The van der Waals surface area contributed by atoms with Crippen LogP contribution in [-0.2, 0) is 17.9 Å². The normalized spacial score (nSPS) is 33.6.